The number of nitrogens with zero attached hydrogens (tertiary/aromatic N) is 3. The van der Waals surface area contributed by atoms with E-state index in [1.54, 1.807) is 23.0 Å². The van der Waals surface area contributed by atoms with E-state index in [0.29, 0.717) is 11.0 Å². The third kappa shape index (κ3) is 1.51. The molecule has 3 nitrogen and oxygen atoms in total. The summed E-state index contributed by atoms with van der Waals surface area (Å²) in [5.41, 5.74) is 3.15. The predicted octanol–water partition coefficient (Wildman–Crippen LogP) is 3.96. The van der Waals surface area contributed by atoms with Gasteiger partial charge in [-0.2, -0.15) is 0 Å². The fraction of sp³-hybridized carbons (Fsp3) is 0.250. The van der Waals surface area contributed by atoms with Gasteiger partial charge in [0.1, 0.15) is 9.98 Å². The van der Waals surface area contributed by atoms with Crippen LogP contribution in [0.5, 0.6) is 0 Å². The summed E-state index contributed by atoms with van der Waals surface area (Å²) in [5.74, 6) is 0.690. The van der Waals surface area contributed by atoms with Gasteiger partial charge in [-0.25, -0.2) is 9.97 Å². The fourth-order valence-corrected chi connectivity index (χ4v) is 4.54. The first-order valence-electron chi connectivity index (χ1n) is 5.69. The number of fused-ring (bicyclic) bond motifs is 3. The molecule has 0 fully saturated rings. The Morgan fingerprint density at radius 1 is 1.22 bits per heavy atom. The smallest absolute Gasteiger partial charge is 0.174 e. The molecule has 3 heterocycles. The molecule has 1 aliphatic carbocycles. The van der Waals surface area contributed by atoms with E-state index < -0.39 is 0 Å². The number of hydrogen-bond acceptors (Lipinski definition) is 5. The van der Waals surface area contributed by atoms with Crippen LogP contribution in [0.4, 0.5) is 0 Å². The van der Waals surface area contributed by atoms with Crippen molar-refractivity contribution in [2.24, 2.45) is 0 Å². The zero-order chi connectivity index (χ0) is 12.1. The van der Waals surface area contributed by atoms with Crippen molar-refractivity contribution in [2.45, 2.75) is 19.3 Å². The Morgan fingerprint density at radius 3 is 3.00 bits per heavy atom. The lowest BCUT2D eigenvalue weighted by Crippen LogP contribution is -1.89. The molecule has 4 rings (SSSR count). The van der Waals surface area contributed by atoms with Gasteiger partial charge in [-0.05, 0) is 24.8 Å². The Balaban J connectivity index is 2.00. The van der Waals surface area contributed by atoms with E-state index in [-0.39, 0.29) is 0 Å². The molecule has 0 spiro atoms. The molecule has 0 saturated heterocycles. The molecule has 0 aromatic carbocycles. The van der Waals surface area contributed by atoms with Gasteiger partial charge >= 0.3 is 0 Å². The second kappa shape index (κ2) is 3.98. The van der Waals surface area contributed by atoms with E-state index in [0.717, 1.165) is 27.9 Å². The molecule has 3 aromatic heterocycles. The van der Waals surface area contributed by atoms with Crippen LogP contribution in [0.15, 0.2) is 11.7 Å². The number of thiazole rings is 1. The first-order chi connectivity index (χ1) is 8.83. The monoisotopic (exact) mass is 293 g/mol. The second-order valence-electron chi connectivity index (χ2n) is 4.24. The number of hydrogen-bond donors (Lipinski definition) is 0. The van der Waals surface area contributed by atoms with Crippen LogP contribution in [0.1, 0.15) is 16.9 Å². The van der Waals surface area contributed by atoms with Gasteiger partial charge in [0.2, 0.25) is 0 Å². The zero-order valence-electron chi connectivity index (χ0n) is 9.31. The van der Waals surface area contributed by atoms with Crippen LogP contribution in [0.2, 0.25) is 5.15 Å². The van der Waals surface area contributed by atoms with Crippen molar-refractivity contribution in [1.82, 2.24) is 15.0 Å². The normalized spacial score (nSPS) is 14.3. The topological polar surface area (TPSA) is 38.7 Å². The van der Waals surface area contributed by atoms with Crippen LogP contribution in [0.25, 0.3) is 20.9 Å². The molecule has 0 amide bonds. The molecule has 0 bridgehead atoms. The van der Waals surface area contributed by atoms with Crippen molar-refractivity contribution >= 4 is 44.5 Å². The lowest BCUT2D eigenvalue weighted by Gasteiger charge is -2.00. The summed E-state index contributed by atoms with van der Waals surface area (Å²) >= 11 is 9.64. The van der Waals surface area contributed by atoms with E-state index >= 15 is 0 Å². The standard InChI is InChI=1S/C12H8ClN3S2/c13-10-9-6-2-1-3-7(6)18-12(9)16-11(15-10)8-4-14-5-17-8/h4-5H,1-3H2. The second-order valence-corrected chi connectivity index (χ2v) is 6.57. The van der Waals surface area contributed by atoms with Crippen LogP contribution in [0.3, 0.4) is 0 Å². The summed E-state index contributed by atoms with van der Waals surface area (Å²) in [6.45, 7) is 0. The molecule has 6 heteroatoms. The molecule has 0 saturated carbocycles. The maximum Gasteiger partial charge on any atom is 0.174 e. The van der Waals surface area contributed by atoms with Gasteiger partial charge in [-0.3, -0.25) is 4.98 Å². The predicted molar refractivity (Wildman–Crippen MR) is 75.6 cm³/mol. The Labute approximate surface area is 117 Å². The van der Waals surface area contributed by atoms with Crippen LogP contribution < -0.4 is 0 Å². The molecule has 18 heavy (non-hydrogen) atoms. The van der Waals surface area contributed by atoms with Gasteiger partial charge in [0.25, 0.3) is 0 Å². The van der Waals surface area contributed by atoms with E-state index in [9.17, 15) is 0 Å². The number of aryl methyl sites for hydroxylation is 2. The summed E-state index contributed by atoms with van der Waals surface area (Å²) in [4.78, 5) is 16.5. The van der Waals surface area contributed by atoms with Crippen molar-refractivity contribution < 1.29 is 0 Å². The molecular weight excluding hydrogens is 286 g/mol. The van der Waals surface area contributed by atoms with Crippen molar-refractivity contribution in [2.75, 3.05) is 0 Å². The molecule has 0 unspecified atom stereocenters. The van der Waals surface area contributed by atoms with Gasteiger partial charge in [0.15, 0.2) is 5.82 Å². The quantitative estimate of drug-likeness (QED) is 0.638. The van der Waals surface area contributed by atoms with Gasteiger partial charge in [0.05, 0.1) is 15.8 Å². The van der Waals surface area contributed by atoms with Crippen molar-refractivity contribution in [3.05, 3.63) is 27.3 Å². The van der Waals surface area contributed by atoms with E-state index in [1.165, 1.54) is 28.2 Å². The number of thiophene rings is 1. The third-order valence-electron chi connectivity index (χ3n) is 3.17. The van der Waals surface area contributed by atoms with Crippen molar-refractivity contribution in [3.63, 3.8) is 0 Å². The van der Waals surface area contributed by atoms with E-state index in [2.05, 4.69) is 15.0 Å². The average molecular weight is 294 g/mol. The highest BCUT2D eigenvalue weighted by Crippen LogP contribution is 2.40. The highest BCUT2D eigenvalue weighted by molar-refractivity contribution is 7.19. The molecule has 0 atom stereocenters. The highest BCUT2D eigenvalue weighted by Gasteiger charge is 2.22. The molecule has 0 radical (unpaired) electrons. The van der Waals surface area contributed by atoms with Gasteiger partial charge < -0.3 is 0 Å². The summed E-state index contributed by atoms with van der Waals surface area (Å²) in [6, 6.07) is 0. The van der Waals surface area contributed by atoms with Gasteiger partial charge in [-0.1, -0.05) is 11.6 Å². The number of halogens is 1. The minimum Gasteiger partial charge on any atom is -0.252 e. The summed E-state index contributed by atoms with van der Waals surface area (Å²) in [5, 5.41) is 1.66. The molecule has 90 valence electrons. The molecule has 0 aliphatic heterocycles. The van der Waals surface area contributed by atoms with Crippen LogP contribution in [-0.2, 0) is 12.8 Å². The molecule has 1 aliphatic rings. The van der Waals surface area contributed by atoms with Gasteiger partial charge in [0, 0.05) is 11.1 Å². The van der Waals surface area contributed by atoms with E-state index in [4.69, 9.17) is 11.6 Å². The van der Waals surface area contributed by atoms with Crippen molar-refractivity contribution in [3.8, 4) is 10.7 Å². The minimum absolute atomic E-state index is 0.586. The Morgan fingerprint density at radius 2 is 2.17 bits per heavy atom. The molecule has 3 aromatic rings. The van der Waals surface area contributed by atoms with Crippen LogP contribution in [-0.4, -0.2) is 15.0 Å². The highest BCUT2D eigenvalue weighted by atomic mass is 35.5. The molecular formula is C12H8ClN3S2. The Bertz CT molecular complexity index is 733. The summed E-state index contributed by atoms with van der Waals surface area (Å²) < 4.78 is 0. The largest absolute Gasteiger partial charge is 0.252 e. The third-order valence-corrected chi connectivity index (χ3v) is 5.40. The number of rotatable bonds is 1. The first kappa shape index (κ1) is 10.8. The summed E-state index contributed by atoms with van der Waals surface area (Å²) in [7, 11) is 0. The van der Waals surface area contributed by atoms with Crippen molar-refractivity contribution in [1.29, 1.82) is 0 Å². The van der Waals surface area contributed by atoms with Gasteiger partial charge in [-0.15, -0.1) is 22.7 Å². The Hall–Kier alpha value is -1.04. The lowest BCUT2D eigenvalue weighted by molar-refractivity contribution is 0.917. The zero-order valence-corrected chi connectivity index (χ0v) is 11.7. The first-order valence-corrected chi connectivity index (χ1v) is 7.77. The van der Waals surface area contributed by atoms with Crippen LogP contribution in [0, 0.1) is 0 Å². The average Bonchev–Trinajstić information content (AvgIpc) is 3.04. The lowest BCUT2D eigenvalue weighted by atomic mass is 10.2. The van der Waals surface area contributed by atoms with Crippen LogP contribution >= 0.6 is 34.3 Å². The fourth-order valence-electron chi connectivity index (χ4n) is 2.39. The minimum atomic E-state index is 0.586. The SMILES string of the molecule is Clc1nc(-c2cncs2)nc2sc3c(c12)CCC3. The van der Waals surface area contributed by atoms with E-state index in [1.807, 2.05) is 0 Å². The maximum atomic E-state index is 6.34. The Kier molecular flexibility index (Phi) is 2.40. The number of aromatic nitrogens is 3. The summed E-state index contributed by atoms with van der Waals surface area (Å²) in [6.07, 6.45) is 5.27. The maximum absolute atomic E-state index is 6.34. The molecule has 0 N–H and O–H groups in total.